The summed E-state index contributed by atoms with van der Waals surface area (Å²) in [6, 6.07) is 5.14. The summed E-state index contributed by atoms with van der Waals surface area (Å²) in [7, 11) is 0. The molecule has 6 nitrogen and oxygen atoms in total. The second-order valence-electron chi connectivity index (χ2n) is 4.70. The van der Waals surface area contributed by atoms with Gasteiger partial charge in [0.25, 0.3) is 5.69 Å². The van der Waals surface area contributed by atoms with Gasteiger partial charge in [-0.2, -0.15) is 0 Å². The predicted molar refractivity (Wildman–Crippen MR) is 82.6 cm³/mol. The van der Waals surface area contributed by atoms with E-state index in [1.54, 1.807) is 12.1 Å². The summed E-state index contributed by atoms with van der Waals surface area (Å²) in [6.07, 6.45) is 1.90. The lowest BCUT2D eigenvalue weighted by atomic mass is 10.2. The van der Waals surface area contributed by atoms with E-state index in [-0.39, 0.29) is 10.6 Å². The molecule has 1 aromatic carbocycles. The van der Waals surface area contributed by atoms with Gasteiger partial charge >= 0.3 is 0 Å². The van der Waals surface area contributed by atoms with Crippen molar-refractivity contribution in [3.8, 4) is 0 Å². The molecule has 1 aromatic rings. The first-order valence-electron chi connectivity index (χ1n) is 7.35. The fraction of sp³-hybridized carbons (Fsp3) is 0.600. The van der Waals surface area contributed by atoms with Crippen molar-refractivity contribution in [2.24, 2.45) is 0 Å². The van der Waals surface area contributed by atoms with Crippen LogP contribution in [0.5, 0.6) is 0 Å². The lowest BCUT2D eigenvalue weighted by molar-refractivity contribution is -0.384. The smallest absolute Gasteiger partial charge is 0.292 e. The van der Waals surface area contributed by atoms with E-state index in [4.69, 9.17) is 9.47 Å². The second kappa shape index (κ2) is 10.1. The molecule has 0 aliphatic rings. The van der Waals surface area contributed by atoms with E-state index in [9.17, 15) is 10.1 Å². The van der Waals surface area contributed by atoms with Gasteiger partial charge in [-0.15, -0.1) is 0 Å². The Labute approximate surface area is 125 Å². The van der Waals surface area contributed by atoms with Crippen LogP contribution in [0.25, 0.3) is 0 Å². The fourth-order valence-electron chi connectivity index (χ4n) is 1.78. The molecule has 21 heavy (non-hydrogen) atoms. The third kappa shape index (κ3) is 6.55. The largest absolute Gasteiger partial charge is 0.380 e. The Morgan fingerprint density at radius 2 is 1.90 bits per heavy atom. The fourth-order valence-corrected chi connectivity index (χ4v) is 1.78. The van der Waals surface area contributed by atoms with Crippen molar-refractivity contribution < 1.29 is 14.4 Å². The van der Waals surface area contributed by atoms with Gasteiger partial charge in [0, 0.05) is 19.2 Å². The molecule has 0 aliphatic heterocycles. The number of ether oxygens (including phenoxy) is 2. The Kier molecular flexibility index (Phi) is 8.38. The van der Waals surface area contributed by atoms with Crippen molar-refractivity contribution in [2.75, 3.05) is 31.7 Å². The molecule has 6 heteroatoms. The van der Waals surface area contributed by atoms with Crippen LogP contribution in [0.1, 0.15) is 32.3 Å². The summed E-state index contributed by atoms with van der Waals surface area (Å²) in [5.74, 6) is 0. The van der Waals surface area contributed by atoms with E-state index in [0.717, 1.165) is 25.0 Å². The summed E-state index contributed by atoms with van der Waals surface area (Å²) in [4.78, 5) is 10.7. The highest BCUT2D eigenvalue weighted by Gasteiger charge is 2.14. The van der Waals surface area contributed by atoms with E-state index < -0.39 is 0 Å². The first-order valence-corrected chi connectivity index (χ1v) is 7.35. The van der Waals surface area contributed by atoms with Crippen LogP contribution in [0, 0.1) is 10.1 Å². The van der Waals surface area contributed by atoms with Crippen LogP contribution in [0.2, 0.25) is 0 Å². The van der Waals surface area contributed by atoms with Gasteiger partial charge < -0.3 is 14.8 Å². The molecule has 0 aliphatic carbocycles. The zero-order chi connectivity index (χ0) is 15.5. The highest BCUT2D eigenvalue weighted by Crippen LogP contribution is 2.25. The quantitative estimate of drug-likeness (QED) is 0.385. The molecule has 1 rings (SSSR count). The SMILES string of the molecule is CCCNc1ccc(COCCOCCC)cc1[N+](=O)[O-]. The highest BCUT2D eigenvalue weighted by molar-refractivity contribution is 5.62. The zero-order valence-electron chi connectivity index (χ0n) is 12.8. The Hall–Kier alpha value is -1.66. The van der Waals surface area contributed by atoms with Gasteiger partial charge in [-0.1, -0.05) is 19.9 Å². The summed E-state index contributed by atoms with van der Waals surface area (Å²) in [5, 5.41) is 14.1. The topological polar surface area (TPSA) is 73.6 Å². The van der Waals surface area contributed by atoms with E-state index in [1.807, 2.05) is 19.9 Å². The number of hydrogen-bond acceptors (Lipinski definition) is 5. The number of nitro groups is 1. The van der Waals surface area contributed by atoms with Crippen molar-refractivity contribution in [2.45, 2.75) is 33.3 Å². The van der Waals surface area contributed by atoms with Gasteiger partial charge in [-0.3, -0.25) is 10.1 Å². The lowest BCUT2D eigenvalue weighted by Crippen LogP contribution is -2.06. The normalized spacial score (nSPS) is 10.6. The molecule has 0 atom stereocenters. The standard InChI is InChI=1S/C15H24N2O4/c1-3-7-16-14-6-5-13(11-15(14)17(18)19)12-21-10-9-20-8-4-2/h5-6,11,16H,3-4,7-10,12H2,1-2H3. The van der Waals surface area contributed by atoms with Gasteiger partial charge in [0.2, 0.25) is 0 Å². The molecule has 0 saturated heterocycles. The Morgan fingerprint density at radius 1 is 1.14 bits per heavy atom. The molecule has 0 bridgehead atoms. The predicted octanol–water partition coefficient (Wildman–Crippen LogP) is 3.36. The number of hydrogen-bond donors (Lipinski definition) is 1. The summed E-state index contributed by atoms with van der Waals surface area (Å²) < 4.78 is 10.8. The third-order valence-corrected chi connectivity index (χ3v) is 2.81. The summed E-state index contributed by atoms with van der Waals surface area (Å²) >= 11 is 0. The highest BCUT2D eigenvalue weighted by atomic mass is 16.6. The minimum atomic E-state index is -0.369. The van der Waals surface area contributed by atoms with Gasteiger partial charge in [-0.25, -0.2) is 0 Å². The molecule has 0 fully saturated rings. The van der Waals surface area contributed by atoms with Gasteiger partial charge in [-0.05, 0) is 24.5 Å². The summed E-state index contributed by atoms with van der Waals surface area (Å²) in [6.45, 7) is 6.90. The van der Waals surface area contributed by atoms with Gasteiger partial charge in [0.15, 0.2) is 0 Å². The number of nitrogens with one attached hydrogen (secondary N) is 1. The molecule has 0 radical (unpaired) electrons. The van der Waals surface area contributed by atoms with Crippen molar-refractivity contribution in [3.05, 3.63) is 33.9 Å². The van der Waals surface area contributed by atoms with Crippen LogP contribution in [0.3, 0.4) is 0 Å². The molecular formula is C15H24N2O4. The maximum Gasteiger partial charge on any atom is 0.292 e. The molecule has 0 spiro atoms. The molecule has 0 amide bonds. The molecule has 0 aromatic heterocycles. The third-order valence-electron chi connectivity index (χ3n) is 2.81. The van der Waals surface area contributed by atoms with Crippen LogP contribution in [0.15, 0.2) is 18.2 Å². The summed E-state index contributed by atoms with van der Waals surface area (Å²) in [5.41, 5.74) is 1.43. The lowest BCUT2D eigenvalue weighted by Gasteiger charge is -2.08. The Morgan fingerprint density at radius 3 is 2.57 bits per heavy atom. The van der Waals surface area contributed by atoms with Crippen LogP contribution in [-0.2, 0) is 16.1 Å². The van der Waals surface area contributed by atoms with Crippen LogP contribution in [0.4, 0.5) is 11.4 Å². The molecular weight excluding hydrogens is 272 g/mol. The van der Waals surface area contributed by atoms with Crippen LogP contribution in [-0.4, -0.2) is 31.3 Å². The molecule has 1 N–H and O–H groups in total. The Balaban J connectivity index is 2.51. The van der Waals surface area contributed by atoms with E-state index in [0.29, 0.717) is 32.1 Å². The van der Waals surface area contributed by atoms with Gasteiger partial charge in [0.1, 0.15) is 5.69 Å². The second-order valence-corrected chi connectivity index (χ2v) is 4.70. The Bertz CT molecular complexity index is 438. The first kappa shape index (κ1) is 17.4. The van der Waals surface area contributed by atoms with Crippen molar-refractivity contribution >= 4 is 11.4 Å². The van der Waals surface area contributed by atoms with E-state index in [1.165, 1.54) is 0 Å². The maximum atomic E-state index is 11.1. The minimum Gasteiger partial charge on any atom is -0.380 e. The number of nitro benzene ring substituents is 1. The molecule has 118 valence electrons. The van der Waals surface area contributed by atoms with Crippen molar-refractivity contribution in [1.82, 2.24) is 0 Å². The monoisotopic (exact) mass is 296 g/mol. The minimum absolute atomic E-state index is 0.0896. The van der Waals surface area contributed by atoms with E-state index in [2.05, 4.69) is 5.32 Å². The average molecular weight is 296 g/mol. The van der Waals surface area contributed by atoms with Crippen LogP contribution < -0.4 is 5.32 Å². The average Bonchev–Trinajstić information content (AvgIpc) is 2.49. The number of anilines is 1. The first-order chi connectivity index (χ1) is 10.2. The number of rotatable bonds is 11. The van der Waals surface area contributed by atoms with Crippen molar-refractivity contribution in [1.29, 1.82) is 0 Å². The molecule has 0 unspecified atom stereocenters. The molecule has 0 heterocycles. The molecule has 0 saturated carbocycles. The van der Waals surface area contributed by atoms with Crippen LogP contribution >= 0.6 is 0 Å². The maximum absolute atomic E-state index is 11.1. The van der Waals surface area contributed by atoms with E-state index >= 15 is 0 Å². The zero-order valence-corrected chi connectivity index (χ0v) is 12.8. The number of nitrogens with zero attached hydrogens (tertiary/aromatic N) is 1. The van der Waals surface area contributed by atoms with Crippen molar-refractivity contribution in [3.63, 3.8) is 0 Å². The number of benzene rings is 1. The van der Waals surface area contributed by atoms with Gasteiger partial charge in [0.05, 0.1) is 24.7 Å².